The van der Waals surface area contributed by atoms with E-state index in [9.17, 15) is 18.0 Å². The summed E-state index contributed by atoms with van der Waals surface area (Å²) in [5, 5.41) is 3.06. The number of rotatable bonds is 15. The highest BCUT2D eigenvalue weighted by Crippen LogP contribution is 2.29. The van der Waals surface area contributed by atoms with Gasteiger partial charge in [0, 0.05) is 19.0 Å². The third-order valence-corrected chi connectivity index (χ3v) is 9.97. The molecule has 0 saturated heterocycles. The summed E-state index contributed by atoms with van der Waals surface area (Å²) in [6, 6.07) is 41.7. The van der Waals surface area contributed by atoms with Gasteiger partial charge in [0.1, 0.15) is 24.1 Å². The van der Waals surface area contributed by atoms with Crippen LogP contribution in [-0.4, -0.2) is 43.8 Å². The molecule has 0 radical (unpaired) electrons. The van der Waals surface area contributed by atoms with Crippen molar-refractivity contribution < 1.29 is 22.7 Å². The van der Waals surface area contributed by atoms with Gasteiger partial charge in [-0.25, -0.2) is 8.42 Å². The summed E-state index contributed by atoms with van der Waals surface area (Å²) in [5.41, 5.74) is 1.96. The Morgan fingerprint density at radius 2 is 1.20 bits per heavy atom. The van der Waals surface area contributed by atoms with Crippen molar-refractivity contribution in [2.75, 3.05) is 10.8 Å². The van der Waals surface area contributed by atoms with Crippen LogP contribution >= 0.6 is 0 Å². The summed E-state index contributed by atoms with van der Waals surface area (Å²) in [7, 11) is -4.21. The monoisotopic (exact) mass is 675 g/mol. The summed E-state index contributed by atoms with van der Waals surface area (Å²) in [6.45, 7) is 3.46. The van der Waals surface area contributed by atoms with Gasteiger partial charge in [0.25, 0.3) is 10.0 Å². The topological polar surface area (TPSA) is 96.0 Å². The van der Waals surface area contributed by atoms with Crippen molar-refractivity contribution in [2.45, 2.75) is 50.2 Å². The number of hydrogen-bond donors (Lipinski definition) is 1. The summed E-state index contributed by atoms with van der Waals surface area (Å²) in [6.07, 6.45) is 0.960. The minimum Gasteiger partial charge on any atom is -0.457 e. The van der Waals surface area contributed by atoms with Gasteiger partial charge >= 0.3 is 0 Å². The average Bonchev–Trinajstić information content (AvgIpc) is 3.14. The average molecular weight is 676 g/mol. The Labute approximate surface area is 289 Å². The van der Waals surface area contributed by atoms with Crippen LogP contribution < -0.4 is 14.4 Å². The van der Waals surface area contributed by atoms with E-state index in [1.165, 1.54) is 17.0 Å². The second-order valence-electron chi connectivity index (χ2n) is 11.8. The van der Waals surface area contributed by atoms with Gasteiger partial charge < -0.3 is 15.0 Å². The quantitative estimate of drug-likeness (QED) is 0.126. The molecule has 1 N–H and O–H groups in total. The highest BCUT2D eigenvalue weighted by atomic mass is 32.2. The van der Waals surface area contributed by atoms with Crippen LogP contribution in [0.1, 0.15) is 31.4 Å². The molecule has 5 aromatic rings. The number of carbonyl (C=O) groups is 2. The lowest BCUT2D eigenvalue weighted by Crippen LogP contribution is -2.54. The molecular formula is C40H41N3O5S. The fraction of sp³-hybridized carbons (Fsp3) is 0.200. The number of anilines is 1. The molecule has 5 aromatic carbocycles. The SMILES string of the molecule is CC[C@@H](C)NC(=O)[C@@H](Cc1ccccc1)N(Cc1ccccc1)C(=O)CN(c1ccc(Oc2ccccc2)cc1)S(=O)(=O)c1ccccc1. The van der Waals surface area contributed by atoms with E-state index in [0.29, 0.717) is 17.9 Å². The van der Waals surface area contributed by atoms with E-state index < -0.39 is 28.5 Å². The molecule has 0 aliphatic carbocycles. The molecular weight excluding hydrogens is 635 g/mol. The molecule has 49 heavy (non-hydrogen) atoms. The number of sulfonamides is 1. The van der Waals surface area contributed by atoms with Gasteiger partial charge in [-0.15, -0.1) is 0 Å². The van der Waals surface area contributed by atoms with Gasteiger partial charge in [-0.2, -0.15) is 0 Å². The van der Waals surface area contributed by atoms with Crippen LogP contribution in [0.5, 0.6) is 11.5 Å². The van der Waals surface area contributed by atoms with Crippen molar-refractivity contribution in [3.63, 3.8) is 0 Å². The fourth-order valence-electron chi connectivity index (χ4n) is 5.33. The predicted molar refractivity (Wildman–Crippen MR) is 193 cm³/mol. The highest BCUT2D eigenvalue weighted by molar-refractivity contribution is 7.92. The first kappa shape index (κ1) is 34.9. The summed E-state index contributed by atoms with van der Waals surface area (Å²) in [5.74, 6) is 0.320. The zero-order valence-electron chi connectivity index (χ0n) is 27.7. The minimum absolute atomic E-state index is 0.0392. The molecule has 0 aliphatic heterocycles. The molecule has 0 aliphatic rings. The van der Waals surface area contributed by atoms with Gasteiger partial charge in [-0.1, -0.05) is 104 Å². The van der Waals surface area contributed by atoms with Crippen LogP contribution in [0.2, 0.25) is 0 Å². The van der Waals surface area contributed by atoms with E-state index in [1.807, 2.05) is 105 Å². The maximum atomic E-state index is 14.6. The minimum atomic E-state index is -4.21. The Morgan fingerprint density at radius 3 is 1.78 bits per heavy atom. The molecule has 0 bridgehead atoms. The zero-order valence-corrected chi connectivity index (χ0v) is 28.5. The Hall–Kier alpha value is -5.41. The Morgan fingerprint density at radius 1 is 0.694 bits per heavy atom. The third-order valence-electron chi connectivity index (χ3n) is 8.18. The van der Waals surface area contributed by atoms with Gasteiger partial charge in [0.2, 0.25) is 11.8 Å². The van der Waals surface area contributed by atoms with Crippen molar-refractivity contribution >= 4 is 27.5 Å². The number of hydrogen-bond acceptors (Lipinski definition) is 5. The number of nitrogens with zero attached hydrogens (tertiary/aromatic N) is 2. The summed E-state index contributed by atoms with van der Waals surface area (Å²) in [4.78, 5) is 30.1. The van der Waals surface area contributed by atoms with E-state index in [-0.39, 0.29) is 35.5 Å². The normalized spacial score (nSPS) is 12.4. The lowest BCUT2D eigenvalue weighted by atomic mass is 10.0. The van der Waals surface area contributed by atoms with Crippen molar-refractivity contribution in [3.8, 4) is 11.5 Å². The molecule has 252 valence electrons. The van der Waals surface area contributed by atoms with Crippen LogP contribution in [-0.2, 0) is 32.6 Å². The molecule has 2 amide bonds. The Bertz CT molecular complexity index is 1890. The first-order chi connectivity index (χ1) is 23.7. The van der Waals surface area contributed by atoms with Gasteiger partial charge in [-0.05, 0) is 73.0 Å². The number of carbonyl (C=O) groups excluding carboxylic acids is 2. The maximum absolute atomic E-state index is 14.6. The van der Waals surface area contributed by atoms with Crippen LogP contribution in [0.15, 0.2) is 150 Å². The third kappa shape index (κ3) is 9.36. The Kier molecular flexibility index (Phi) is 11.8. The number of ether oxygens (including phenoxy) is 1. The van der Waals surface area contributed by atoms with E-state index in [1.54, 1.807) is 42.5 Å². The molecule has 0 aromatic heterocycles. The molecule has 5 rings (SSSR count). The number of amides is 2. The number of para-hydroxylation sites is 1. The Balaban J connectivity index is 1.54. The van der Waals surface area contributed by atoms with Gasteiger partial charge in [0.05, 0.1) is 10.6 Å². The van der Waals surface area contributed by atoms with Crippen molar-refractivity contribution in [1.29, 1.82) is 0 Å². The fourth-order valence-corrected chi connectivity index (χ4v) is 6.76. The van der Waals surface area contributed by atoms with E-state index >= 15 is 0 Å². The number of benzene rings is 5. The second kappa shape index (κ2) is 16.6. The van der Waals surface area contributed by atoms with E-state index in [4.69, 9.17) is 4.74 Å². The molecule has 0 unspecified atom stereocenters. The van der Waals surface area contributed by atoms with Crippen molar-refractivity contribution in [3.05, 3.63) is 157 Å². The van der Waals surface area contributed by atoms with Crippen LogP contribution in [0.4, 0.5) is 5.69 Å². The summed E-state index contributed by atoms with van der Waals surface area (Å²) < 4.78 is 35.5. The molecule has 0 heterocycles. The summed E-state index contributed by atoms with van der Waals surface area (Å²) >= 11 is 0. The van der Waals surface area contributed by atoms with Gasteiger partial charge in [0.15, 0.2) is 0 Å². The first-order valence-corrected chi connectivity index (χ1v) is 17.8. The lowest BCUT2D eigenvalue weighted by molar-refractivity contribution is -0.140. The first-order valence-electron chi connectivity index (χ1n) is 16.3. The second-order valence-corrected chi connectivity index (χ2v) is 13.6. The molecule has 0 fully saturated rings. The lowest BCUT2D eigenvalue weighted by Gasteiger charge is -2.34. The molecule has 0 saturated carbocycles. The predicted octanol–water partition coefficient (Wildman–Crippen LogP) is 7.23. The van der Waals surface area contributed by atoms with Gasteiger partial charge in [-0.3, -0.25) is 13.9 Å². The standard InChI is InChI=1S/C40H41N3O5S/c1-3-31(2)41-40(45)38(28-32-16-8-4-9-17-32)42(29-33-18-10-5-11-19-33)39(44)30-43(49(46,47)37-22-14-7-15-23-37)34-24-26-36(27-25-34)48-35-20-12-6-13-21-35/h4-27,31,38H,3,28-30H2,1-2H3,(H,41,45)/t31-,38-/m1/s1. The van der Waals surface area contributed by atoms with E-state index in [2.05, 4.69) is 5.32 Å². The van der Waals surface area contributed by atoms with Crippen LogP contribution in [0.3, 0.4) is 0 Å². The molecule has 8 nitrogen and oxygen atoms in total. The van der Waals surface area contributed by atoms with Crippen molar-refractivity contribution in [2.24, 2.45) is 0 Å². The smallest absolute Gasteiger partial charge is 0.264 e. The van der Waals surface area contributed by atoms with Crippen LogP contribution in [0.25, 0.3) is 0 Å². The van der Waals surface area contributed by atoms with E-state index in [0.717, 1.165) is 15.4 Å². The molecule has 9 heteroatoms. The molecule has 0 spiro atoms. The molecule has 2 atom stereocenters. The number of nitrogens with one attached hydrogen (secondary N) is 1. The van der Waals surface area contributed by atoms with Crippen LogP contribution in [0, 0.1) is 0 Å². The van der Waals surface area contributed by atoms with Crippen molar-refractivity contribution in [1.82, 2.24) is 10.2 Å². The highest BCUT2D eigenvalue weighted by Gasteiger charge is 2.35. The maximum Gasteiger partial charge on any atom is 0.264 e. The zero-order chi connectivity index (χ0) is 34.6. The largest absolute Gasteiger partial charge is 0.457 e.